The van der Waals surface area contributed by atoms with Crippen LogP contribution in [0.3, 0.4) is 0 Å². The van der Waals surface area contributed by atoms with E-state index in [1.54, 1.807) is 6.07 Å². The van der Waals surface area contributed by atoms with Crippen LogP contribution < -0.4 is 10.1 Å². The molecule has 3 aromatic rings. The number of carbonyl (C=O) groups excluding carboxylic acids is 2. The maximum atomic E-state index is 14.1. The van der Waals surface area contributed by atoms with Gasteiger partial charge in [0.25, 0.3) is 5.91 Å². The van der Waals surface area contributed by atoms with E-state index in [0.717, 1.165) is 47.2 Å². The fourth-order valence-electron chi connectivity index (χ4n) is 4.59. The largest absolute Gasteiger partial charge is 0.484 e. The maximum Gasteiger partial charge on any atom is 0.262 e. The summed E-state index contributed by atoms with van der Waals surface area (Å²) in [6, 6.07) is 19.4. The van der Waals surface area contributed by atoms with Crippen LogP contribution in [0.15, 0.2) is 66.7 Å². The van der Waals surface area contributed by atoms with Gasteiger partial charge in [0.2, 0.25) is 5.91 Å². The summed E-state index contributed by atoms with van der Waals surface area (Å²) in [7, 11) is 0. The number of ether oxygens (including phenoxy) is 1. The third-order valence-electron chi connectivity index (χ3n) is 6.39. The quantitative estimate of drug-likeness (QED) is 0.563. The van der Waals surface area contributed by atoms with Crippen LogP contribution in [-0.4, -0.2) is 29.9 Å². The Morgan fingerprint density at radius 1 is 1.06 bits per heavy atom. The Bertz CT molecular complexity index is 1240. The first-order chi connectivity index (χ1) is 16.5. The van der Waals surface area contributed by atoms with E-state index < -0.39 is 0 Å². The molecule has 1 saturated carbocycles. The first kappa shape index (κ1) is 22.1. The van der Waals surface area contributed by atoms with E-state index in [-0.39, 0.29) is 36.2 Å². The third-order valence-corrected chi connectivity index (χ3v) is 6.39. The van der Waals surface area contributed by atoms with E-state index in [1.807, 2.05) is 60.4 Å². The van der Waals surface area contributed by atoms with Crippen LogP contribution in [-0.2, 0) is 16.0 Å². The standard InChI is InChI=1S/C28H27FN2O3/c1-18-4-2-7-23(14-18)30-26(32)17-34-24-11-10-19-12-13-31(28(33)20-8-9-20)27(25(19)16-24)21-5-3-6-22(29)15-21/h2-7,10-11,14-16,20,27H,8-9,12-13,17H2,1H3,(H,30,32). The van der Waals surface area contributed by atoms with Crippen molar-refractivity contribution < 1.29 is 18.7 Å². The lowest BCUT2D eigenvalue weighted by atomic mass is 9.87. The molecule has 2 aliphatic rings. The molecular formula is C28H27FN2O3. The van der Waals surface area contributed by atoms with Gasteiger partial charge in [-0.1, -0.05) is 30.3 Å². The molecule has 0 radical (unpaired) electrons. The number of amides is 2. The smallest absolute Gasteiger partial charge is 0.262 e. The molecule has 1 N–H and O–H groups in total. The van der Waals surface area contributed by atoms with Crippen LogP contribution in [0.1, 0.15) is 41.1 Å². The first-order valence-electron chi connectivity index (χ1n) is 11.7. The van der Waals surface area contributed by atoms with E-state index in [2.05, 4.69) is 5.32 Å². The highest BCUT2D eigenvalue weighted by atomic mass is 19.1. The summed E-state index contributed by atoms with van der Waals surface area (Å²) in [5.74, 6) is 0.158. The topological polar surface area (TPSA) is 58.6 Å². The molecule has 1 aliphatic heterocycles. The number of aryl methyl sites for hydroxylation is 1. The zero-order valence-corrected chi connectivity index (χ0v) is 19.1. The summed E-state index contributed by atoms with van der Waals surface area (Å²) in [6.45, 7) is 2.43. The minimum atomic E-state index is -0.378. The van der Waals surface area contributed by atoms with Gasteiger partial charge in [-0.25, -0.2) is 4.39 Å². The molecule has 6 heteroatoms. The number of halogens is 1. The summed E-state index contributed by atoms with van der Waals surface area (Å²) >= 11 is 0. The summed E-state index contributed by atoms with van der Waals surface area (Å²) in [6.07, 6.45) is 2.56. The van der Waals surface area contributed by atoms with Gasteiger partial charge >= 0.3 is 0 Å². The van der Waals surface area contributed by atoms with Gasteiger partial charge in [-0.05, 0) is 84.8 Å². The SMILES string of the molecule is Cc1cccc(NC(=O)COc2ccc3c(c2)C(c2cccc(F)c2)N(C(=O)C2CC2)CC3)c1. The molecule has 1 fully saturated rings. The Morgan fingerprint density at radius 3 is 2.65 bits per heavy atom. The van der Waals surface area contributed by atoms with Gasteiger partial charge < -0.3 is 15.0 Å². The van der Waals surface area contributed by atoms with E-state index >= 15 is 0 Å². The minimum Gasteiger partial charge on any atom is -0.484 e. The highest BCUT2D eigenvalue weighted by Crippen LogP contribution is 2.41. The zero-order chi connectivity index (χ0) is 23.7. The molecule has 5 nitrogen and oxygen atoms in total. The molecule has 0 spiro atoms. The van der Waals surface area contributed by atoms with Crippen LogP contribution in [0.5, 0.6) is 5.75 Å². The molecule has 0 aromatic heterocycles. The highest BCUT2D eigenvalue weighted by molar-refractivity contribution is 5.92. The average molecular weight is 459 g/mol. The third kappa shape index (κ3) is 4.81. The minimum absolute atomic E-state index is 0.0716. The zero-order valence-electron chi connectivity index (χ0n) is 19.1. The number of nitrogens with zero attached hydrogens (tertiary/aromatic N) is 1. The van der Waals surface area contributed by atoms with E-state index in [0.29, 0.717) is 12.3 Å². The van der Waals surface area contributed by atoms with Crippen molar-refractivity contribution in [3.63, 3.8) is 0 Å². The monoisotopic (exact) mass is 458 g/mol. The molecule has 3 aromatic carbocycles. The Balaban J connectivity index is 1.38. The lowest BCUT2D eigenvalue weighted by Gasteiger charge is -2.38. The number of hydrogen-bond acceptors (Lipinski definition) is 3. The van der Waals surface area contributed by atoms with Crippen molar-refractivity contribution in [3.8, 4) is 5.75 Å². The van der Waals surface area contributed by atoms with Gasteiger partial charge in [0.15, 0.2) is 6.61 Å². The van der Waals surface area contributed by atoms with Crippen molar-refractivity contribution in [2.75, 3.05) is 18.5 Å². The second-order valence-corrected chi connectivity index (χ2v) is 9.08. The average Bonchev–Trinajstić information content (AvgIpc) is 3.67. The van der Waals surface area contributed by atoms with Crippen molar-refractivity contribution in [2.24, 2.45) is 5.92 Å². The molecule has 0 bridgehead atoms. The molecule has 1 unspecified atom stereocenters. The second kappa shape index (κ2) is 9.29. The maximum absolute atomic E-state index is 14.1. The van der Waals surface area contributed by atoms with Gasteiger partial charge in [0.05, 0.1) is 6.04 Å². The molecular weight excluding hydrogens is 431 g/mol. The van der Waals surface area contributed by atoms with Crippen molar-refractivity contribution >= 4 is 17.5 Å². The summed E-state index contributed by atoms with van der Waals surface area (Å²) in [5, 5.41) is 2.84. The Hall–Kier alpha value is -3.67. The molecule has 34 heavy (non-hydrogen) atoms. The second-order valence-electron chi connectivity index (χ2n) is 9.08. The van der Waals surface area contributed by atoms with E-state index in [9.17, 15) is 14.0 Å². The van der Waals surface area contributed by atoms with Gasteiger partial charge in [-0.3, -0.25) is 9.59 Å². The number of rotatable bonds is 6. The number of nitrogens with one attached hydrogen (secondary N) is 1. The summed E-state index contributed by atoms with van der Waals surface area (Å²) in [5.41, 5.74) is 4.54. The van der Waals surface area contributed by atoms with Gasteiger partial charge in [-0.15, -0.1) is 0 Å². The van der Waals surface area contributed by atoms with Crippen molar-refractivity contribution in [2.45, 2.75) is 32.2 Å². The van der Waals surface area contributed by atoms with Crippen molar-refractivity contribution in [1.29, 1.82) is 0 Å². The highest BCUT2D eigenvalue weighted by Gasteiger charge is 2.39. The van der Waals surface area contributed by atoms with Crippen LogP contribution in [0.25, 0.3) is 0 Å². The summed E-state index contributed by atoms with van der Waals surface area (Å²) < 4.78 is 19.9. The van der Waals surface area contributed by atoms with Crippen LogP contribution in [0.2, 0.25) is 0 Å². The van der Waals surface area contributed by atoms with Gasteiger partial charge in [-0.2, -0.15) is 0 Å². The van der Waals surface area contributed by atoms with Crippen LogP contribution in [0, 0.1) is 18.7 Å². The van der Waals surface area contributed by atoms with Crippen molar-refractivity contribution in [1.82, 2.24) is 4.90 Å². The number of benzene rings is 3. The Kier molecular flexibility index (Phi) is 6.05. The molecule has 1 aliphatic carbocycles. The van der Waals surface area contributed by atoms with Gasteiger partial charge in [0, 0.05) is 18.2 Å². The molecule has 2 amide bonds. The number of fused-ring (bicyclic) bond motifs is 1. The normalized spacial score (nSPS) is 17.1. The molecule has 5 rings (SSSR count). The lowest BCUT2D eigenvalue weighted by molar-refractivity contribution is -0.134. The fraction of sp³-hybridized carbons (Fsp3) is 0.286. The molecule has 1 atom stereocenters. The first-order valence-corrected chi connectivity index (χ1v) is 11.7. The molecule has 1 heterocycles. The number of anilines is 1. The molecule has 0 saturated heterocycles. The summed E-state index contributed by atoms with van der Waals surface area (Å²) in [4.78, 5) is 27.4. The number of carbonyl (C=O) groups is 2. The van der Waals surface area contributed by atoms with E-state index in [1.165, 1.54) is 12.1 Å². The molecule has 174 valence electrons. The van der Waals surface area contributed by atoms with Crippen molar-refractivity contribution in [3.05, 3.63) is 94.8 Å². The Labute approximate surface area is 198 Å². The van der Waals surface area contributed by atoms with E-state index in [4.69, 9.17) is 4.74 Å². The predicted octanol–water partition coefficient (Wildman–Crippen LogP) is 5.04. The van der Waals surface area contributed by atoms with Gasteiger partial charge in [0.1, 0.15) is 11.6 Å². The fourth-order valence-corrected chi connectivity index (χ4v) is 4.59. The Morgan fingerprint density at radius 2 is 1.88 bits per heavy atom. The lowest BCUT2D eigenvalue weighted by Crippen LogP contribution is -2.41. The van der Waals surface area contributed by atoms with Crippen LogP contribution in [0.4, 0.5) is 10.1 Å². The number of hydrogen-bond donors (Lipinski definition) is 1. The predicted molar refractivity (Wildman–Crippen MR) is 128 cm³/mol. The van der Waals surface area contributed by atoms with Crippen LogP contribution >= 0.6 is 0 Å².